The lowest BCUT2D eigenvalue weighted by molar-refractivity contribution is -0.122. The van der Waals surface area contributed by atoms with E-state index in [1.54, 1.807) is 12.1 Å². The lowest BCUT2D eigenvalue weighted by Crippen LogP contribution is -2.44. The maximum Gasteiger partial charge on any atom is 0.247 e. The van der Waals surface area contributed by atoms with Gasteiger partial charge in [-0.1, -0.05) is 19.1 Å². The zero-order valence-corrected chi connectivity index (χ0v) is 18.6. The minimum atomic E-state index is -3.56. The average molecular weight is 442 g/mol. The number of carbonyl (C=O) groups excluding carboxylic acids is 2. The molecule has 0 spiro atoms. The summed E-state index contributed by atoms with van der Waals surface area (Å²) in [5.41, 5.74) is 3.12. The van der Waals surface area contributed by atoms with Gasteiger partial charge in [0.1, 0.15) is 6.04 Å². The molecule has 2 amide bonds. The first-order valence-electron chi connectivity index (χ1n) is 10.6. The van der Waals surface area contributed by atoms with Crippen molar-refractivity contribution in [2.75, 3.05) is 23.3 Å². The van der Waals surface area contributed by atoms with Crippen LogP contribution in [0.5, 0.6) is 0 Å². The zero-order valence-electron chi connectivity index (χ0n) is 17.8. The number of rotatable bonds is 5. The summed E-state index contributed by atoms with van der Waals surface area (Å²) in [4.78, 5) is 27.1. The Balaban J connectivity index is 1.59. The molecule has 2 aromatic carbocycles. The summed E-state index contributed by atoms with van der Waals surface area (Å²) in [5.74, 6) is -0.546. The Morgan fingerprint density at radius 3 is 2.35 bits per heavy atom. The number of nitrogens with zero attached hydrogens (tertiary/aromatic N) is 2. The van der Waals surface area contributed by atoms with Gasteiger partial charge in [0, 0.05) is 37.8 Å². The first kappa shape index (κ1) is 21.5. The van der Waals surface area contributed by atoms with Gasteiger partial charge in [0.05, 0.1) is 4.90 Å². The summed E-state index contributed by atoms with van der Waals surface area (Å²) in [6.07, 6.45) is 2.91. The molecule has 164 valence electrons. The van der Waals surface area contributed by atoms with Crippen LogP contribution in [0.1, 0.15) is 37.8 Å². The lowest BCUT2D eigenvalue weighted by atomic mass is 10.1. The van der Waals surface area contributed by atoms with Gasteiger partial charge in [0.25, 0.3) is 0 Å². The molecule has 2 aliphatic heterocycles. The second-order valence-corrected chi connectivity index (χ2v) is 9.99. The number of amides is 2. The Hall–Kier alpha value is -2.71. The number of fused-ring (bicyclic) bond motifs is 1. The van der Waals surface area contributed by atoms with Crippen LogP contribution in [-0.4, -0.2) is 43.7 Å². The molecule has 4 rings (SSSR count). The number of hydrogen-bond acceptors (Lipinski definition) is 4. The quantitative estimate of drug-likeness (QED) is 0.773. The van der Waals surface area contributed by atoms with Crippen LogP contribution in [0.2, 0.25) is 0 Å². The number of anilines is 2. The van der Waals surface area contributed by atoms with Crippen molar-refractivity contribution in [2.45, 2.75) is 50.5 Å². The van der Waals surface area contributed by atoms with Crippen LogP contribution in [0, 0.1) is 0 Å². The van der Waals surface area contributed by atoms with Crippen molar-refractivity contribution in [3.8, 4) is 0 Å². The largest absolute Gasteiger partial charge is 0.324 e. The van der Waals surface area contributed by atoms with Crippen molar-refractivity contribution in [1.82, 2.24) is 4.31 Å². The van der Waals surface area contributed by atoms with Crippen molar-refractivity contribution in [1.29, 1.82) is 0 Å². The monoisotopic (exact) mass is 441 g/mol. The Morgan fingerprint density at radius 2 is 1.74 bits per heavy atom. The Kier molecular flexibility index (Phi) is 5.85. The molecule has 1 saturated heterocycles. The smallest absolute Gasteiger partial charge is 0.247 e. The molecule has 31 heavy (non-hydrogen) atoms. The second-order valence-electron chi connectivity index (χ2n) is 8.05. The van der Waals surface area contributed by atoms with Crippen molar-refractivity contribution in [3.63, 3.8) is 0 Å². The van der Waals surface area contributed by atoms with Crippen LogP contribution < -0.4 is 10.2 Å². The van der Waals surface area contributed by atoms with Gasteiger partial charge < -0.3 is 5.32 Å². The molecule has 1 atom stereocenters. The molecule has 1 fully saturated rings. The highest BCUT2D eigenvalue weighted by atomic mass is 32.2. The van der Waals surface area contributed by atoms with Gasteiger partial charge in [0.15, 0.2) is 0 Å². The summed E-state index contributed by atoms with van der Waals surface area (Å²) in [7, 11) is -3.56. The highest BCUT2D eigenvalue weighted by Gasteiger charge is 2.38. The molecule has 1 N–H and O–H groups in total. The van der Waals surface area contributed by atoms with E-state index in [1.165, 1.54) is 27.8 Å². The fraction of sp³-hybridized carbons (Fsp3) is 0.391. The van der Waals surface area contributed by atoms with Crippen LogP contribution >= 0.6 is 0 Å². The normalized spacial score (nSPS) is 18.8. The van der Waals surface area contributed by atoms with Gasteiger partial charge in [-0.25, -0.2) is 8.42 Å². The second kappa shape index (κ2) is 8.43. The van der Waals surface area contributed by atoms with E-state index in [9.17, 15) is 18.0 Å². The third-order valence-corrected chi connectivity index (χ3v) is 7.90. The van der Waals surface area contributed by atoms with E-state index >= 15 is 0 Å². The fourth-order valence-corrected chi connectivity index (χ4v) is 5.88. The van der Waals surface area contributed by atoms with Crippen LogP contribution in [-0.2, 0) is 32.5 Å². The first-order valence-corrected chi connectivity index (χ1v) is 12.1. The van der Waals surface area contributed by atoms with Gasteiger partial charge in [-0.15, -0.1) is 0 Å². The van der Waals surface area contributed by atoms with E-state index < -0.39 is 16.1 Å². The summed E-state index contributed by atoms with van der Waals surface area (Å²) in [5, 5.41) is 2.89. The van der Waals surface area contributed by atoms with Crippen LogP contribution in [0.4, 0.5) is 11.4 Å². The van der Waals surface area contributed by atoms with Gasteiger partial charge >= 0.3 is 0 Å². The van der Waals surface area contributed by atoms with E-state index in [2.05, 4.69) is 12.2 Å². The van der Waals surface area contributed by atoms with Gasteiger partial charge in [-0.05, 0) is 60.7 Å². The molecule has 1 unspecified atom stereocenters. The molecule has 7 nitrogen and oxygen atoms in total. The average Bonchev–Trinajstić information content (AvgIpc) is 3.42. The Bertz CT molecular complexity index is 1110. The molecule has 0 bridgehead atoms. The molecule has 2 heterocycles. The van der Waals surface area contributed by atoms with E-state index in [0.717, 1.165) is 19.3 Å². The fourth-order valence-electron chi connectivity index (χ4n) is 4.31. The van der Waals surface area contributed by atoms with E-state index in [1.807, 2.05) is 24.3 Å². The summed E-state index contributed by atoms with van der Waals surface area (Å²) in [6, 6.07) is 11.7. The highest BCUT2D eigenvalue weighted by Crippen LogP contribution is 2.35. The van der Waals surface area contributed by atoms with E-state index in [4.69, 9.17) is 0 Å². The maximum atomic E-state index is 13.0. The molecule has 0 aliphatic carbocycles. The van der Waals surface area contributed by atoms with E-state index in [-0.39, 0.29) is 23.1 Å². The van der Waals surface area contributed by atoms with Crippen molar-refractivity contribution in [3.05, 3.63) is 53.6 Å². The summed E-state index contributed by atoms with van der Waals surface area (Å²) >= 11 is 0. The standard InChI is InChI=1S/C23H27N3O4S/c1-3-17-6-8-19(9-7-17)24-23(28)22-15-18-14-20(10-11-21(18)26(22)16(2)27)31(29,30)25-12-4-5-13-25/h6-11,14,22H,3-5,12-13,15H2,1-2H3,(H,24,28). The van der Waals surface area contributed by atoms with Gasteiger partial charge in [-0.2, -0.15) is 4.31 Å². The van der Waals surface area contributed by atoms with Crippen LogP contribution in [0.25, 0.3) is 0 Å². The number of carbonyl (C=O) groups is 2. The molecular weight excluding hydrogens is 414 g/mol. The van der Waals surface area contributed by atoms with Gasteiger partial charge in [0.2, 0.25) is 21.8 Å². The number of sulfonamides is 1. The number of nitrogens with one attached hydrogen (secondary N) is 1. The first-order chi connectivity index (χ1) is 14.8. The minimum Gasteiger partial charge on any atom is -0.324 e. The molecule has 0 radical (unpaired) electrons. The topological polar surface area (TPSA) is 86.8 Å². The predicted octanol–water partition coefficient (Wildman–Crippen LogP) is 2.95. The Labute approximate surface area is 183 Å². The van der Waals surface area contributed by atoms with E-state index in [0.29, 0.717) is 30.0 Å². The molecule has 2 aliphatic rings. The lowest BCUT2D eigenvalue weighted by Gasteiger charge is -2.23. The molecular formula is C23H27N3O4S. The van der Waals surface area contributed by atoms with Gasteiger partial charge in [-0.3, -0.25) is 14.5 Å². The molecule has 0 saturated carbocycles. The molecule has 8 heteroatoms. The van der Waals surface area contributed by atoms with Crippen molar-refractivity contribution in [2.24, 2.45) is 0 Å². The number of benzene rings is 2. The summed E-state index contributed by atoms with van der Waals surface area (Å²) < 4.78 is 27.3. The van der Waals surface area contributed by atoms with Crippen LogP contribution in [0.15, 0.2) is 47.4 Å². The maximum absolute atomic E-state index is 13.0. The molecule has 0 aromatic heterocycles. The third kappa shape index (κ3) is 4.09. The molecule has 2 aromatic rings. The Morgan fingerprint density at radius 1 is 1.06 bits per heavy atom. The highest BCUT2D eigenvalue weighted by molar-refractivity contribution is 7.89. The van der Waals surface area contributed by atoms with Crippen molar-refractivity contribution < 1.29 is 18.0 Å². The SMILES string of the molecule is CCc1ccc(NC(=O)C2Cc3cc(S(=O)(=O)N4CCCC4)ccc3N2C(C)=O)cc1. The van der Waals surface area contributed by atoms with Crippen LogP contribution in [0.3, 0.4) is 0 Å². The number of aryl methyl sites for hydroxylation is 1. The predicted molar refractivity (Wildman–Crippen MR) is 120 cm³/mol. The minimum absolute atomic E-state index is 0.216. The third-order valence-electron chi connectivity index (χ3n) is 6.01. The number of hydrogen-bond donors (Lipinski definition) is 1. The summed E-state index contributed by atoms with van der Waals surface area (Å²) in [6.45, 7) is 4.54. The zero-order chi connectivity index (χ0) is 22.2. The van der Waals surface area contributed by atoms with Crippen molar-refractivity contribution >= 4 is 33.2 Å².